The predicted molar refractivity (Wildman–Crippen MR) is 103 cm³/mol. The molecule has 0 saturated carbocycles. The number of ether oxygens (including phenoxy) is 1. The number of rotatable bonds is 5. The van der Waals surface area contributed by atoms with Gasteiger partial charge in [-0.05, 0) is 29.8 Å². The zero-order valence-electron chi connectivity index (χ0n) is 14.9. The van der Waals surface area contributed by atoms with Gasteiger partial charge in [-0.25, -0.2) is 9.97 Å². The maximum Gasteiger partial charge on any atom is 0.227 e. The first-order chi connectivity index (χ1) is 12.8. The Morgan fingerprint density at radius 3 is 2.85 bits per heavy atom. The maximum atomic E-state index is 5.32. The van der Waals surface area contributed by atoms with E-state index >= 15 is 0 Å². The molecule has 0 radical (unpaired) electrons. The number of para-hydroxylation sites is 1. The second kappa shape index (κ2) is 7.54. The van der Waals surface area contributed by atoms with Gasteiger partial charge >= 0.3 is 0 Å². The molecule has 5 heteroatoms. The molecule has 0 bridgehead atoms. The number of hydrogen-bond acceptors (Lipinski definition) is 5. The summed E-state index contributed by atoms with van der Waals surface area (Å²) in [4.78, 5) is 11.6. The molecule has 0 amide bonds. The summed E-state index contributed by atoms with van der Waals surface area (Å²) in [5.74, 6) is 1.57. The summed E-state index contributed by atoms with van der Waals surface area (Å²) in [5, 5.41) is 3.27. The van der Waals surface area contributed by atoms with Crippen LogP contribution in [-0.2, 0) is 19.5 Å². The molecule has 1 N–H and O–H groups in total. The van der Waals surface area contributed by atoms with Crippen molar-refractivity contribution in [1.82, 2.24) is 14.9 Å². The van der Waals surface area contributed by atoms with Crippen LogP contribution in [-0.4, -0.2) is 28.5 Å². The third-order valence-electron chi connectivity index (χ3n) is 4.58. The van der Waals surface area contributed by atoms with E-state index in [4.69, 9.17) is 9.72 Å². The van der Waals surface area contributed by atoms with Gasteiger partial charge < -0.3 is 10.1 Å². The van der Waals surface area contributed by atoms with Gasteiger partial charge in [0, 0.05) is 43.5 Å². The van der Waals surface area contributed by atoms with Gasteiger partial charge in [-0.15, -0.1) is 0 Å². The standard InChI is InChI=1S/C21H22N4O/c1-26-19-9-5-6-16(12-19)14-25-11-10-20-17(15-25)13-22-21(24-20)23-18-7-3-2-4-8-18/h2-9,12-13H,10-11,14-15H2,1H3,(H,22,23,24). The molecule has 5 nitrogen and oxygen atoms in total. The Bertz CT molecular complexity index is 882. The van der Waals surface area contributed by atoms with E-state index in [1.165, 1.54) is 11.1 Å². The molecule has 26 heavy (non-hydrogen) atoms. The van der Waals surface area contributed by atoms with Crippen molar-refractivity contribution in [2.45, 2.75) is 19.5 Å². The second-order valence-electron chi connectivity index (χ2n) is 6.47. The lowest BCUT2D eigenvalue weighted by molar-refractivity contribution is 0.242. The average molecular weight is 346 g/mol. The summed E-state index contributed by atoms with van der Waals surface area (Å²) in [6.07, 6.45) is 2.89. The molecular formula is C21H22N4O. The molecule has 0 atom stereocenters. The first-order valence-corrected chi connectivity index (χ1v) is 8.82. The van der Waals surface area contributed by atoms with Crippen LogP contribution in [0.2, 0.25) is 0 Å². The van der Waals surface area contributed by atoms with Crippen LogP contribution in [0, 0.1) is 0 Å². The summed E-state index contributed by atoms with van der Waals surface area (Å²) in [6, 6.07) is 18.3. The first-order valence-electron chi connectivity index (χ1n) is 8.82. The highest BCUT2D eigenvalue weighted by Crippen LogP contribution is 2.22. The Hall–Kier alpha value is -2.92. The van der Waals surface area contributed by atoms with Crippen molar-refractivity contribution in [1.29, 1.82) is 0 Å². The highest BCUT2D eigenvalue weighted by molar-refractivity contribution is 5.52. The number of nitrogens with one attached hydrogen (secondary N) is 1. The monoisotopic (exact) mass is 346 g/mol. The fraction of sp³-hybridized carbons (Fsp3) is 0.238. The van der Waals surface area contributed by atoms with Crippen molar-refractivity contribution in [2.24, 2.45) is 0 Å². The largest absolute Gasteiger partial charge is 0.497 e. The molecule has 2 aromatic carbocycles. The fourth-order valence-electron chi connectivity index (χ4n) is 3.25. The van der Waals surface area contributed by atoms with E-state index in [9.17, 15) is 0 Å². The third kappa shape index (κ3) is 3.83. The topological polar surface area (TPSA) is 50.3 Å². The number of benzene rings is 2. The number of hydrogen-bond donors (Lipinski definition) is 1. The van der Waals surface area contributed by atoms with Crippen molar-refractivity contribution in [3.63, 3.8) is 0 Å². The van der Waals surface area contributed by atoms with Gasteiger partial charge in [0.1, 0.15) is 5.75 Å². The van der Waals surface area contributed by atoms with Gasteiger partial charge in [-0.3, -0.25) is 4.90 Å². The van der Waals surface area contributed by atoms with Crippen molar-refractivity contribution >= 4 is 11.6 Å². The van der Waals surface area contributed by atoms with Gasteiger partial charge in [0.25, 0.3) is 0 Å². The van der Waals surface area contributed by atoms with Gasteiger partial charge in [-0.1, -0.05) is 30.3 Å². The minimum Gasteiger partial charge on any atom is -0.497 e. The van der Waals surface area contributed by atoms with E-state index in [2.05, 4.69) is 27.3 Å². The lowest BCUT2D eigenvalue weighted by atomic mass is 10.1. The Kier molecular flexibility index (Phi) is 4.80. The summed E-state index contributed by atoms with van der Waals surface area (Å²) < 4.78 is 5.32. The molecule has 0 fully saturated rings. The second-order valence-corrected chi connectivity index (χ2v) is 6.47. The van der Waals surface area contributed by atoms with E-state index in [-0.39, 0.29) is 0 Å². The Labute approximate surface area is 153 Å². The molecule has 132 valence electrons. The molecule has 1 aliphatic rings. The van der Waals surface area contributed by atoms with Crippen LogP contribution < -0.4 is 10.1 Å². The lowest BCUT2D eigenvalue weighted by Crippen LogP contribution is -2.31. The lowest BCUT2D eigenvalue weighted by Gasteiger charge is -2.28. The molecule has 4 rings (SSSR count). The van der Waals surface area contributed by atoms with Crippen molar-refractivity contribution < 1.29 is 4.74 Å². The van der Waals surface area contributed by atoms with Crippen LogP contribution in [0.5, 0.6) is 5.75 Å². The molecule has 3 aromatic rings. The molecule has 0 unspecified atom stereocenters. The van der Waals surface area contributed by atoms with Crippen LogP contribution in [0.3, 0.4) is 0 Å². The normalized spacial score (nSPS) is 13.9. The summed E-state index contributed by atoms with van der Waals surface area (Å²) in [7, 11) is 1.70. The number of fused-ring (bicyclic) bond motifs is 1. The van der Waals surface area contributed by atoms with Gasteiger partial charge in [0.2, 0.25) is 5.95 Å². The van der Waals surface area contributed by atoms with Crippen LogP contribution in [0.1, 0.15) is 16.8 Å². The van der Waals surface area contributed by atoms with Crippen molar-refractivity contribution in [3.05, 3.63) is 77.6 Å². The Morgan fingerprint density at radius 1 is 1.12 bits per heavy atom. The van der Waals surface area contributed by atoms with Crippen molar-refractivity contribution in [2.75, 3.05) is 19.0 Å². The van der Waals surface area contributed by atoms with E-state index in [0.29, 0.717) is 5.95 Å². The Balaban J connectivity index is 1.44. The average Bonchev–Trinajstić information content (AvgIpc) is 2.69. The van der Waals surface area contributed by atoms with E-state index in [0.717, 1.165) is 43.2 Å². The molecule has 0 spiro atoms. The van der Waals surface area contributed by atoms with Crippen LogP contribution in [0.4, 0.5) is 11.6 Å². The van der Waals surface area contributed by atoms with E-state index in [1.54, 1.807) is 7.11 Å². The molecule has 0 saturated heterocycles. The maximum absolute atomic E-state index is 5.32. The summed E-state index contributed by atoms with van der Waals surface area (Å²) in [6.45, 7) is 2.77. The zero-order chi connectivity index (χ0) is 17.8. The van der Waals surface area contributed by atoms with Crippen LogP contribution in [0.25, 0.3) is 0 Å². The summed E-state index contributed by atoms with van der Waals surface area (Å²) in [5.41, 5.74) is 4.61. The number of nitrogens with zero attached hydrogens (tertiary/aromatic N) is 3. The fourth-order valence-corrected chi connectivity index (χ4v) is 3.25. The third-order valence-corrected chi connectivity index (χ3v) is 4.58. The molecule has 2 heterocycles. The first kappa shape index (κ1) is 16.5. The quantitative estimate of drug-likeness (QED) is 0.762. The predicted octanol–water partition coefficient (Wildman–Crippen LogP) is 3.79. The number of methoxy groups -OCH3 is 1. The van der Waals surface area contributed by atoms with Crippen LogP contribution in [0.15, 0.2) is 60.8 Å². The number of anilines is 2. The SMILES string of the molecule is COc1cccc(CN2CCc3nc(Nc4ccccc4)ncc3C2)c1. The minimum absolute atomic E-state index is 0.663. The molecular weight excluding hydrogens is 324 g/mol. The van der Waals surface area contributed by atoms with Gasteiger partial charge in [0.15, 0.2) is 0 Å². The van der Waals surface area contributed by atoms with E-state index < -0.39 is 0 Å². The molecule has 1 aliphatic heterocycles. The van der Waals surface area contributed by atoms with Crippen molar-refractivity contribution in [3.8, 4) is 5.75 Å². The van der Waals surface area contributed by atoms with Gasteiger partial charge in [-0.2, -0.15) is 0 Å². The van der Waals surface area contributed by atoms with E-state index in [1.807, 2.05) is 48.7 Å². The molecule has 0 aliphatic carbocycles. The number of aromatic nitrogens is 2. The highest BCUT2D eigenvalue weighted by Gasteiger charge is 2.18. The zero-order valence-corrected chi connectivity index (χ0v) is 14.9. The van der Waals surface area contributed by atoms with Crippen LogP contribution >= 0.6 is 0 Å². The minimum atomic E-state index is 0.663. The Morgan fingerprint density at radius 2 is 2.00 bits per heavy atom. The smallest absolute Gasteiger partial charge is 0.227 e. The summed E-state index contributed by atoms with van der Waals surface area (Å²) >= 11 is 0. The highest BCUT2D eigenvalue weighted by atomic mass is 16.5. The van der Waals surface area contributed by atoms with Gasteiger partial charge in [0.05, 0.1) is 12.8 Å². The molecule has 1 aromatic heterocycles.